The maximum absolute atomic E-state index is 6.57. The van der Waals surface area contributed by atoms with Crippen molar-refractivity contribution in [2.75, 3.05) is 0 Å². The van der Waals surface area contributed by atoms with Gasteiger partial charge in [-0.25, -0.2) is 0 Å². The molecule has 0 aromatic carbocycles. The summed E-state index contributed by atoms with van der Waals surface area (Å²) in [6.45, 7) is 9.61. The molecule has 2 aliphatic carbocycles. The average molecular weight is 231 g/mol. The molecule has 14 heavy (non-hydrogen) atoms. The van der Waals surface area contributed by atoms with E-state index in [9.17, 15) is 0 Å². The van der Waals surface area contributed by atoms with E-state index < -0.39 is 7.38 Å². The van der Waals surface area contributed by atoms with Gasteiger partial charge in [0.05, 0.1) is 0 Å². The van der Waals surface area contributed by atoms with Gasteiger partial charge >= 0.3 is 0 Å². The van der Waals surface area contributed by atoms with E-state index in [0.29, 0.717) is 10.8 Å². The Balaban J connectivity index is 2.23. The van der Waals surface area contributed by atoms with E-state index in [4.69, 9.17) is 11.1 Å². The first-order valence-corrected chi connectivity index (χ1v) is 10.2. The summed E-state index contributed by atoms with van der Waals surface area (Å²) in [5.74, 6) is 0.996. The summed E-state index contributed by atoms with van der Waals surface area (Å²) in [5, 5.41) is 0. The lowest BCUT2D eigenvalue weighted by molar-refractivity contribution is 0.151. The van der Waals surface area contributed by atoms with Crippen LogP contribution in [0.3, 0.4) is 0 Å². The maximum Gasteiger partial charge on any atom is 0.151 e. The second-order valence-electron chi connectivity index (χ2n) is 6.67. The molecule has 0 spiro atoms. The highest BCUT2D eigenvalue weighted by molar-refractivity contribution is 7.19. The fourth-order valence-corrected chi connectivity index (χ4v) is 7.36. The zero-order valence-electron chi connectivity index (χ0n) is 9.99. The Morgan fingerprint density at radius 2 is 1.71 bits per heavy atom. The van der Waals surface area contributed by atoms with E-state index >= 15 is 0 Å². The fourth-order valence-electron chi connectivity index (χ4n) is 4.18. The first-order valence-electron chi connectivity index (χ1n) is 5.96. The Bertz CT molecular complexity index is 231. The van der Waals surface area contributed by atoms with E-state index in [2.05, 4.69) is 26.9 Å². The predicted molar refractivity (Wildman–Crippen MR) is 66.3 cm³/mol. The topological polar surface area (TPSA) is 0 Å². The number of hydrogen-bond donors (Lipinski definition) is 0. The van der Waals surface area contributed by atoms with Crippen LogP contribution in [0.2, 0.25) is 19.1 Å². The summed E-state index contributed by atoms with van der Waals surface area (Å²) < 4.78 is 0. The third-order valence-electron chi connectivity index (χ3n) is 5.09. The smallest absolute Gasteiger partial charge is 0.151 e. The van der Waals surface area contributed by atoms with E-state index in [1.165, 1.54) is 31.7 Å². The van der Waals surface area contributed by atoms with Crippen molar-refractivity contribution >= 4 is 18.5 Å². The molecule has 2 aliphatic rings. The van der Waals surface area contributed by atoms with E-state index in [-0.39, 0.29) is 0 Å². The van der Waals surface area contributed by atoms with Gasteiger partial charge in [0, 0.05) is 0 Å². The van der Waals surface area contributed by atoms with Gasteiger partial charge in [0.2, 0.25) is 0 Å². The normalized spacial score (nSPS) is 40.5. The molecule has 2 fully saturated rings. The van der Waals surface area contributed by atoms with E-state index in [0.717, 1.165) is 5.92 Å². The van der Waals surface area contributed by atoms with Crippen LogP contribution in [-0.4, -0.2) is 7.38 Å². The van der Waals surface area contributed by atoms with Crippen LogP contribution in [0, 0.1) is 16.7 Å². The second-order valence-corrected chi connectivity index (χ2v) is 13.5. The summed E-state index contributed by atoms with van der Waals surface area (Å²) in [6, 6.07) is 1.34. The van der Waals surface area contributed by atoms with Crippen molar-refractivity contribution < 1.29 is 0 Å². The minimum Gasteiger partial charge on any atom is -0.168 e. The van der Waals surface area contributed by atoms with Crippen molar-refractivity contribution in [3.05, 3.63) is 0 Å². The molecule has 2 heteroatoms. The first kappa shape index (κ1) is 11.0. The minimum atomic E-state index is -1.41. The highest BCUT2D eigenvalue weighted by Gasteiger charge is 2.59. The van der Waals surface area contributed by atoms with Gasteiger partial charge in [-0.15, -0.1) is 0 Å². The molecule has 0 amide bonds. The molecular formula is C12H23ClSi. The molecule has 0 N–H and O–H groups in total. The Labute approximate surface area is 94.1 Å². The molecule has 2 bridgehead atoms. The van der Waals surface area contributed by atoms with Crippen LogP contribution in [0.5, 0.6) is 0 Å². The van der Waals surface area contributed by atoms with Gasteiger partial charge < -0.3 is 0 Å². The van der Waals surface area contributed by atoms with Crippen molar-refractivity contribution in [1.82, 2.24) is 0 Å². The van der Waals surface area contributed by atoms with Crippen LogP contribution in [0.15, 0.2) is 0 Å². The first-order chi connectivity index (χ1) is 6.27. The summed E-state index contributed by atoms with van der Waals surface area (Å²) in [7, 11) is -1.41. The van der Waals surface area contributed by atoms with Crippen molar-refractivity contribution in [3.8, 4) is 0 Å². The molecule has 0 unspecified atom stereocenters. The average Bonchev–Trinajstić information content (AvgIpc) is 2.34. The van der Waals surface area contributed by atoms with E-state index in [1.54, 1.807) is 0 Å². The summed E-state index contributed by atoms with van der Waals surface area (Å²) in [5.41, 5.74) is 1.20. The summed E-state index contributed by atoms with van der Waals surface area (Å²) in [6.07, 6.45) is 5.84. The van der Waals surface area contributed by atoms with Crippen molar-refractivity contribution in [3.63, 3.8) is 0 Å². The van der Waals surface area contributed by atoms with Crippen LogP contribution in [-0.2, 0) is 0 Å². The van der Waals surface area contributed by atoms with Gasteiger partial charge in [-0.05, 0) is 48.5 Å². The Hall–Kier alpha value is 0.507. The number of hydrogen-bond acceptors (Lipinski definition) is 0. The lowest BCUT2D eigenvalue weighted by Gasteiger charge is -2.41. The van der Waals surface area contributed by atoms with Crippen LogP contribution >= 0.6 is 11.1 Å². The van der Waals surface area contributed by atoms with Gasteiger partial charge in [0.15, 0.2) is 7.38 Å². The summed E-state index contributed by atoms with van der Waals surface area (Å²) >= 11 is 6.57. The molecule has 0 atom stereocenters. The molecule has 0 nitrogen and oxygen atoms in total. The zero-order chi connectivity index (χ0) is 10.6. The largest absolute Gasteiger partial charge is 0.168 e. The highest BCUT2D eigenvalue weighted by atomic mass is 35.6. The standard InChI is InChI=1S/C12H23ClSi/c1-11(2)10-5-7-12(11,8-6-10)9-14(3,4)13/h10H,5-9H2,1-4H3. The molecule has 2 rings (SSSR count). The number of halogens is 1. The van der Waals surface area contributed by atoms with Crippen LogP contribution in [0.25, 0.3) is 0 Å². The van der Waals surface area contributed by atoms with Gasteiger partial charge in [-0.2, -0.15) is 11.1 Å². The molecule has 2 saturated carbocycles. The monoisotopic (exact) mass is 230 g/mol. The Morgan fingerprint density at radius 1 is 1.21 bits per heavy atom. The van der Waals surface area contributed by atoms with Gasteiger partial charge in [-0.1, -0.05) is 26.9 Å². The Kier molecular flexibility index (Phi) is 2.36. The lowest BCUT2D eigenvalue weighted by atomic mass is 9.71. The molecule has 82 valence electrons. The quantitative estimate of drug-likeness (QED) is 0.479. The molecule has 0 aromatic heterocycles. The number of fused-ring (bicyclic) bond motifs is 2. The third kappa shape index (κ3) is 1.48. The minimum absolute atomic E-state index is 0.576. The third-order valence-corrected chi connectivity index (χ3v) is 7.01. The highest BCUT2D eigenvalue weighted by Crippen LogP contribution is 2.68. The summed E-state index contributed by atoms with van der Waals surface area (Å²) in [4.78, 5) is 0. The zero-order valence-corrected chi connectivity index (χ0v) is 11.7. The molecular weight excluding hydrogens is 208 g/mol. The fraction of sp³-hybridized carbons (Fsp3) is 1.00. The second kappa shape index (κ2) is 3.01. The van der Waals surface area contributed by atoms with Gasteiger partial charge in [0.1, 0.15) is 0 Å². The predicted octanol–water partition coefficient (Wildman–Crippen LogP) is 4.65. The van der Waals surface area contributed by atoms with Crippen LogP contribution in [0.1, 0.15) is 39.5 Å². The molecule has 0 saturated heterocycles. The van der Waals surface area contributed by atoms with Crippen LogP contribution < -0.4 is 0 Å². The Morgan fingerprint density at radius 3 is 2.00 bits per heavy atom. The van der Waals surface area contributed by atoms with E-state index in [1.807, 2.05) is 0 Å². The van der Waals surface area contributed by atoms with Gasteiger partial charge in [-0.3, -0.25) is 0 Å². The van der Waals surface area contributed by atoms with Crippen molar-refractivity contribution in [2.24, 2.45) is 16.7 Å². The molecule has 0 heterocycles. The molecule has 0 radical (unpaired) electrons. The van der Waals surface area contributed by atoms with Crippen molar-refractivity contribution in [2.45, 2.75) is 58.7 Å². The number of rotatable bonds is 2. The van der Waals surface area contributed by atoms with Gasteiger partial charge in [0.25, 0.3) is 0 Å². The SMILES string of the molecule is CC1(C)C2CCC1(C[Si](C)(C)Cl)CC2. The molecule has 0 aliphatic heterocycles. The van der Waals surface area contributed by atoms with Crippen LogP contribution in [0.4, 0.5) is 0 Å². The lowest BCUT2D eigenvalue weighted by Crippen LogP contribution is -2.36. The maximum atomic E-state index is 6.57. The van der Waals surface area contributed by atoms with Crippen molar-refractivity contribution in [1.29, 1.82) is 0 Å². The molecule has 0 aromatic rings.